The molecule has 0 bridgehead atoms. The predicted octanol–water partition coefficient (Wildman–Crippen LogP) is 1.94. The van der Waals surface area contributed by atoms with Crippen molar-refractivity contribution in [2.45, 2.75) is 5.75 Å². The lowest BCUT2D eigenvalue weighted by Crippen LogP contribution is -2.02. The number of hydrogen-bond donors (Lipinski definition) is 1. The highest BCUT2D eigenvalue weighted by molar-refractivity contribution is 7.98. The van der Waals surface area contributed by atoms with E-state index in [4.69, 9.17) is 22.1 Å². The van der Waals surface area contributed by atoms with Crippen LogP contribution >= 0.6 is 23.4 Å². The Labute approximate surface area is 93.0 Å². The summed E-state index contributed by atoms with van der Waals surface area (Å²) in [5.74, 6) is 2.35. The van der Waals surface area contributed by atoms with Crippen molar-refractivity contribution in [3.05, 3.63) is 23.0 Å². The van der Waals surface area contributed by atoms with E-state index in [1.54, 1.807) is 31.1 Å². The molecule has 0 aliphatic heterocycles. The summed E-state index contributed by atoms with van der Waals surface area (Å²) < 4.78 is 5.09. The summed E-state index contributed by atoms with van der Waals surface area (Å²) in [4.78, 5) is 4.19. The molecule has 2 N–H and O–H groups in total. The van der Waals surface area contributed by atoms with Gasteiger partial charge in [0.15, 0.2) is 0 Å². The molecule has 3 nitrogen and oxygen atoms in total. The molecule has 0 aromatic carbocycles. The molecule has 1 heterocycles. The average Bonchev–Trinajstić information content (AvgIpc) is 2.21. The largest absolute Gasteiger partial charge is 0.495 e. The first-order chi connectivity index (χ1) is 6.79. The molecule has 0 amide bonds. The Morgan fingerprint density at radius 3 is 3.07 bits per heavy atom. The van der Waals surface area contributed by atoms with Crippen molar-refractivity contribution in [1.29, 1.82) is 0 Å². The van der Waals surface area contributed by atoms with Gasteiger partial charge < -0.3 is 10.5 Å². The summed E-state index contributed by atoms with van der Waals surface area (Å²) >= 11 is 7.77. The fourth-order valence-corrected chi connectivity index (χ4v) is 2.04. The molecule has 0 unspecified atom stereocenters. The summed E-state index contributed by atoms with van der Waals surface area (Å²) in [7, 11) is 1.60. The third kappa shape index (κ3) is 3.04. The SMILES string of the molecule is COc1ccnc(CSCCN)c1Cl. The summed E-state index contributed by atoms with van der Waals surface area (Å²) in [5.41, 5.74) is 6.24. The van der Waals surface area contributed by atoms with Gasteiger partial charge in [0.1, 0.15) is 10.8 Å². The molecule has 1 rings (SSSR count). The third-order valence-corrected chi connectivity index (χ3v) is 3.05. The number of aromatic nitrogens is 1. The minimum absolute atomic E-state index is 0.597. The van der Waals surface area contributed by atoms with Crippen LogP contribution < -0.4 is 10.5 Å². The van der Waals surface area contributed by atoms with Crippen LogP contribution in [0.1, 0.15) is 5.69 Å². The lowest BCUT2D eigenvalue weighted by Gasteiger charge is -2.06. The van der Waals surface area contributed by atoms with Crippen LogP contribution in [0.5, 0.6) is 5.75 Å². The molecular weight excluding hydrogens is 220 g/mol. The summed E-state index contributed by atoms with van der Waals surface area (Å²) in [6.45, 7) is 0.673. The highest BCUT2D eigenvalue weighted by Crippen LogP contribution is 2.28. The molecule has 0 aliphatic carbocycles. The number of halogens is 1. The van der Waals surface area contributed by atoms with E-state index in [9.17, 15) is 0 Å². The van der Waals surface area contributed by atoms with Gasteiger partial charge in [-0.1, -0.05) is 11.6 Å². The number of hydrogen-bond acceptors (Lipinski definition) is 4. The zero-order valence-electron chi connectivity index (χ0n) is 8.00. The topological polar surface area (TPSA) is 48.1 Å². The molecule has 78 valence electrons. The number of nitrogens with zero attached hydrogens (tertiary/aromatic N) is 1. The second-order valence-electron chi connectivity index (χ2n) is 2.62. The van der Waals surface area contributed by atoms with Crippen LogP contribution in [-0.2, 0) is 5.75 Å². The second-order valence-corrected chi connectivity index (χ2v) is 4.10. The minimum atomic E-state index is 0.597. The Bertz CT molecular complexity index is 296. The number of pyridine rings is 1. The van der Waals surface area contributed by atoms with Gasteiger partial charge in [-0.2, -0.15) is 11.8 Å². The fourth-order valence-electron chi connectivity index (χ4n) is 0.977. The van der Waals surface area contributed by atoms with E-state index < -0.39 is 0 Å². The van der Waals surface area contributed by atoms with Gasteiger partial charge in [-0.05, 0) is 0 Å². The molecule has 1 aromatic rings. The van der Waals surface area contributed by atoms with Gasteiger partial charge in [-0.25, -0.2) is 0 Å². The highest BCUT2D eigenvalue weighted by Gasteiger charge is 2.07. The Morgan fingerprint density at radius 1 is 1.64 bits per heavy atom. The average molecular weight is 233 g/mol. The van der Waals surface area contributed by atoms with Gasteiger partial charge in [0, 0.05) is 30.3 Å². The first-order valence-electron chi connectivity index (χ1n) is 4.24. The molecule has 0 aliphatic rings. The van der Waals surface area contributed by atoms with E-state index in [0.717, 1.165) is 17.2 Å². The van der Waals surface area contributed by atoms with Gasteiger partial charge >= 0.3 is 0 Å². The van der Waals surface area contributed by atoms with E-state index in [2.05, 4.69) is 4.98 Å². The molecule has 0 saturated carbocycles. The van der Waals surface area contributed by atoms with Gasteiger partial charge in [-0.15, -0.1) is 0 Å². The van der Waals surface area contributed by atoms with Crippen LogP contribution in [0.15, 0.2) is 12.3 Å². The van der Waals surface area contributed by atoms with E-state index in [0.29, 0.717) is 17.3 Å². The molecule has 5 heteroatoms. The third-order valence-electron chi connectivity index (χ3n) is 1.65. The van der Waals surface area contributed by atoms with Crippen molar-refractivity contribution >= 4 is 23.4 Å². The van der Waals surface area contributed by atoms with E-state index in [1.165, 1.54) is 0 Å². The van der Waals surface area contributed by atoms with E-state index in [1.807, 2.05) is 0 Å². The molecule has 1 aromatic heterocycles. The van der Waals surface area contributed by atoms with Crippen molar-refractivity contribution in [3.8, 4) is 5.75 Å². The van der Waals surface area contributed by atoms with Crippen molar-refractivity contribution in [3.63, 3.8) is 0 Å². The van der Waals surface area contributed by atoms with Gasteiger partial charge in [-0.3, -0.25) is 4.98 Å². The number of rotatable bonds is 5. The normalized spacial score (nSPS) is 10.2. The molecule has 14 heavy (non-hydrogen) atoms. The Kier molecular flexibility index (Phi) is 5.07. The highest BCUT2D eigenvalue weighted by atomic mass is 35.5. The lowest BCUT2D eigenvalue weighted by molar-refractivity contribution is 0.414. The summed E-state index contributed by atoms with van der Waals surface area (Å²) in [6, 6.07) is 1.75. The first-order valence-corrected chi connectivity index (χ1v) is 5.78. The van der Waals surface area contributed by atoms with E-state index >= 15 is 0 Å². The molecule has 0 fully saturated rings. The zero-order chi connectivity index (χ0) is 10.4. The first kappa shape index (κ1) is 11.6. The van der Waals surface area contributed by atoms with Crippen LogP contribution in [0.4, 0.5) is 0 Å². The van der Waals surface area contributed by atoms with Crippen molar-refractivity contribution in [2.75, 3.05) is 19.4 Å². The molecule has 0 saturated heterocycles. The van der Waals surface area contributed by atoms with Crippen LogP contribution in [0, 0.1) is 0 Å². The number of nitrogens with two attached hydrogens (primary N) is 1. The Balaban J connectivity index is 2.66. The molecular formula is C9H13ClN2OS. The number of thioether (sulfide) groups is 1. The van der Waals surface area contributed by atoms with Crippen LogP contribution in [0.25, 0.3) is 0 Å². The number of methoxy groups -OCH3 is 1. The number of ether oxygens (including phenoxy) is 1. The fraction of sp³-hybridized carbons (Fsp3) is 0.444. The quantitative estimate of drug-likeness (QED) is 0.789. The second kappa shape index (κ2) is 6.11. The van der Waals surface area contributed by atoms with Crippen LogP contribution in [0.2, 0.25) is 5.02 Å². The molecule has 0 spiro atoms. The summed E-state index contributed by atoms with van der Waals surface area (Å²) in [6.07, 6.45) is 1.70. The van der Waals surface area contributed by atoms with Crippen LogP contribution in [0.3, 0.4) is 0 Å². The lowest BCUT2D eigenvalue weighted by atomic mass is 10.3. The zero-order valence-corrected chi connectivity index (χ0v) is 9.57. The summed E-state index contributed by atoms with van der Waals surface area (Å²) in [5, 5.41) is 0.597. The van der Waals surface area contributed by atoms with Crippen LogP contribution in [-0.4, -0.2) is 24.4 Å². The van der Waals surface area contributed by atoms with Crippen molar-refractivity contribution in [2.24, 2.45) is 5.73 Å². The maximum absolute atomic E-state index is 6.06. The standard InChI is InChI=1S/C9H13ClN2OS/c1-13-8-2-4-12-7(9(8)10)6-14-5-3-11/h2,4H,3,5-6,11H2,1H3. The minimum Gasteiger partial charge on any atom is -0.495 e. The van der Waals surface area contributed by atoms with Gasteiger partial charge in [0.05, 0.1) is 12.8 Å². The molecule has 0 atom stereocenters. The van der Waals surface area contributed by atoms with Gasteiger partial charge in [0.2, 0.25) is 0 Å². The predicted molar refractivity (Wildman–Crippen MR) is 61.0 cm³/mol. The Morgan fingerprint density at radius 2 is 2.43 bits per heavy atom. The Hall–Kier alpha value is -0.450. The maximum Gasteiger partial charge on any atom is 0.140 e. The molecule has 0 radical (unpaired) electrons. The monoisotopic (exact) mass is 232 g/mol. The smallest absolute Gasteiger partial charge is 0.140 e. The maximum atomic E-state index is 6.06. The van der Waals surface area contributed by atoms with Gasteiger partial charge in [0.25, 0.3) is 0 Å². The van der Waals surface area contributed by atoms with Crippen molar-refractivity contribution < 1.29 is 4.74 Å². The van der Waals surface area contributed by atoms with Crippen molar-refractivity contribution in [1.82, 2.24) is 4.98 Å². The van der Waals surface area contributed by atoms with E-state index in [-0.39, 0.29) is 0 Å².